The van der Waals surface area contributed by atoms with Crippen LogP contribution in [0.5, 0.6) is 17.2 Å². The molecule has 39 heavy (non-hydrogen) atoms. The van der Waals surface area contributed by atoms with Gasteiger partial charge in [-0.1, -0.05) is 66.7 Å². The van der Waals surface area contributed by atoms with Gasteiger partial charge < -0.3 is 20.3 Å². The van der Waals surface area contributed by atoms with Crippen LogP contribution in [0.15, 0.2) is 97.1 Å². The molecule has 0 spiro atoms. The van der Waals surface area contributed by atoms with E-state index < -0.39 is 17.8 Å². The molecule has 0 amide bonds. The lowest BCUT2D eigenvalue weighted by Crippen LogP contribution is -2.35. The Morgan fingerprint density at radius 2 is 1.26 bits per heavy atom. The van der Waals surface area contributed by atoms with Crippen LogP contribution < -0.4 is 15.2 Å². The van der Waals surface area contributed by atoms with Crippen molar-refractivity contribution in [2.75, 3.05) is 6.54 Å². The van der Waals surface area contributed by atoms with Crippen molar-refractivity contribution in [1.29, 1.82) is 0 Å². The molecule has 4 rings (SSSR count). The molecule has 0 saturated carbocycles. The number of rotatable bonds is 13. The first-order valence-electron chi connectivity index (χ1n) is 12.6. The number of carboxylic acids is 1. The van der Waals surface area contributed by atoms with Crippen LogP contribution in [0.1, 0.15) is 23.1 Å². The van der Waals surface area contributed by atoms with Crippen LogP contribution in [0.4, 0.5) is 8.78 Å². The van der Waals surface area contributed by atoms with Gasteiger partial charge in [0.2, 0.25) is 0 Å². The van der Waals surface area contributed by atoms with Crippen LogP contribution in [-0.2, 0) is 24.5 Å². The van der Waals surface area contributed by atoms with Crippen molar-refractivity contribution in [1.82, 2.24) is 4.90 Å². The van der Waals surface area contributed by atoms with Gasteiger partial charge in [0.15, 0.2) is 11.6 Å². The average Bonchev–Trinajstić information content (AvgIpc) is 2.94. The Labute approximate surface area is 226 Å². The number of hydrogen-bond donors (Lipinski definition) is 2. The van der Waals surface area contributed by atoms with Crippen LogP contribution in [-0.4, -0.2) is 28.6 Å². The van der Waals surface area contributed by atoms with Crippen molar-refractivity contribution in [3.05, 3.63) is 125 Å². The summed E-state index contributed by atoms with van der Waals surface area (Å²) >= 11 is 0. The minimum Gasteiger partial charge on any atom is -0.488 e. The maximum atomic E-state index is 14.3. The number of ether oxygens (including phenoxy) is 2. The van der Waals surface area contributed by atoms with Gasteiger partial charge >= 0.3 is 5.97 Å². The lowest BCUT2D eigenvalue weighted by atomic mass is 10.1. The van der Waals surface area contributed by atoms with E-state index in [0.29, 0.717) is 36.7 Å². The minimum absolute atomic E-state index is 0.0624. The number of carbonyl (C=O) groups is 1. The van der Waals surface area contributed by atoms with E-state index in [-0.39, 0.29) is 24.6 Å². The van der Waals surface area contributed by atoms with E-state index in [2.05, 4.69) is 0 Å². The normalized spacial score (nSPS) is 11.8. The highest BCUT2D eigenvalue weighted by atomic mass is 19.1. The number of nitrogens with zero attached hydrogens (tertiary/aromatic N) is 1. The monoisotopic (exact) mass is 532 g/mol. The first-order chi connectivity index (χ1) is 18.9. The first kappa shape index (κ1) is 27.8. The highest BCUT2D eigenvalue weighted by molar-refractivity contribution is 5.73. The van der Waals surface area contributed by atoms with Crippen LogP contribution in [0.3, 0.4) is 0 Å². The molecule has 0 heterocycles. The summed E-state index contributed by atoms with van der Waals surface area (Å²) in [5, 5.41) is 9.30. The maximum absolute atomic E-state index is 14.3. The van der Waals surface area contributed by atoms with Crippen molar-refractivity contribution in [2.24, 2.45) is 5.73 Å². The van der Waals surface area contributed by atoms with Crippen LogP contribution >= 0.6 is 0 Å². The molecular formula is C31H30F2N2O4. The molecular weight excluding hydrogens is 502 g/mol. The molecule has 3 N–H and O–H groups in total. The summed E-state index contributed by atoms with van der Waals surface area (Å²) < 4.78 is 40.3. The first-order valence-corrected chi connectivity index (χ1v) is 12.6. The van der Waals surface area contributed by atoms with Gasteiger partial charge in [-0.05, 0) is 36.8 Å². The number of benzene rings is 4. The molecule has 0 bridgehead atoms. The molecule has 1 unspecified atom stereocenters. The van der Waals surface area contributed by atoms with Gasteiger partial charge in [0, 0.05) is 36.3 Å². The van der Waals surface area contributed by atoms with E-state index >= 15 is 0 Å². The quantitative estimate of drug-likeness (QED) is 0.215. The molecule has 202 valence electrons. The zero-order chi connectivity index (χ0) is 27.6. The van der Waals surface area contributed by atoms with Crippen molar-refractivity contribution in [3.63, 3.8) is 0 Å². The third-order valence-corrected chi connectivity index (χ3v) is 6.20. The van der Waals surface area contributed by atoms with Gasteiger partial charge in [-0.3, -0.25) is 9.69 Å². The van der Waals surface area contributed by atoms with Gasteiger partial charge in [-0.15, -0.1) is 0 Å². The molecule has 0 radical (unpaired) electrons. The van der Waals surface area contributed by atoms with E-state index in [4.69, 9.17) is 15.2 Å². The maximum Gasteiger partial charge on any atom is 0.320 e. The standard InChI is InChI=1S/C31H30F2N2O4/c32-25-12-4-1-11-24(25)21-38-28-14-6-2-9-22(28)19-35(18-17-27(34)31(36)37)20-23-10-3-7-15-29(23)39-30-16-8-5-13-26(30)33/h1-16,27H,17-21,34H2,(H,36,37). The van der Waals surface area contributed by atoms with E-state index in [1.165, 1.54) is 12.1 Å². The van der Waals surface area contributed by atoms with Gasteiger partial charge in [0.05, 0.1) is 0 Å². The molecule has 0 saturated heterocycles. The van der Waals surface area contributed by atoms with Crippen LogP contribution in [0.2, 0.25) is 0 Å². The number of aliphatic carboxylic acids is 1. The van der Waals surface area contributed by atoms with Crippen molar-refractivity contribution < 1.29 is 28.2 Å². The Morgan fingerprint density at radius 1 is 0.744 bits per heavy atom. The van der Waals surface area contributed by atoms with Gasteiger partial charge in [0.1, 0.15) is 30.0 Å². The molecule has 6 nitrogen and oxygen atoms in total. The van der Waals surface area contributed by atoms with Crippen molar-refractivity contribution in [2.45, 2.75) is 32.2 Å². The van der Waals surface area contributed by atoms with Crippen LogP contribution in [0, 0.1) is 11.6 Å². The number of nitrogens with two attached hydrogens (primary N) is 1. The number of hydrogen-bond acceptors (Lipinski definition) is 5. The van der Waals surface area contributed by atoms with Crippen molar-refractivity contribution in [3.8, 4) is 17.2 Å². The predicted molar refractivity (Wildman–Crippen MR) is 144 cm³/mol. The Morgan fingerprint density at radius 3 is 1.87 bits per heavy atom. The number of carboxylic acid groups (broad SMARTS) is 1. The van der Waals surface area contributed by atoms with E-state index in [1.807, 2.05) is 41.3 Å². The molecule has 0 aliphatic heterocycles. The number of para-hydroxylation sites is 3. The Kier molecular flexibility index (Phi) is 9.61. The highest BCUT2D eigenvalue weighted by Gasteiger charge is 2.18. The third-order valence-electron chi connectivity index (χ3n) is 6.20. The second-order valence-corrected chi connectivity index (χ2v) is 9.07. The summed E-state index contributed by atoms with van der Waals surface area (Å²) in [6.07, 6.45) is 0.212. The molecule has 4 aromatic rings. The Balaban J connectivity index is 1.55. The average molecular weight is 533 g/mol. The second kappa shape index (κ2) is 13.5. The number of halogens is 2. The zero-order valence-corrected chi connectivity index (χ0v) is 21.3. The minimum atomic E-state index is -1.08. The summed E-state index contributed by atoms with van der Waals surface area (Å²) in [5.41, 5.74) is 7.87. The van der Waals surface area contributed by atoms with Crippen LogP contribution in [0.25, 0.3) is 0 Å². The molecule has 0 fully saturated rings. The zero-order valence-electron chi connectivity index (χ0n) is 21.3. The predicted octanol–water partition coefficient (Wildman–Crippen LogP) is 6.14. The van der Waals surface area contributed by atoms with Gasteiger partial charge in [0.25, 0.3) is 0 Å². The van der Waals surface area contributed by atoms with Gasteiger partial charge in [-0.25, -0.2) is 8.78 Å². The molecule has 0 aliphatic carbocycles. The van der Waals surface area contributed by atoms with E-state index in [9.17, 15) is 18.7 Å². The largest absolute Gasteiger partial charge is 0.488 e. The molecule has 0 aliphatic rings. The summed E-state index contributed by atoms with van der Waals surface area (Å²) in [5.74, 6) is -0.713. The smallest absolute Gasteiger partial charge is 0.320 e. The molecule has 1 atom stereocenters. The molecule has 8 heteroatoms. The second-order valence-electron chi connectivity index (χ2n) is 9.07. The summed E-state index contributed by atoms with van der Waals surface area (Å²) in [7, 11) is 0. The lowest BCUT2D eigenvalue weighted by Gasteiger charge is -2.25. The molecule has 4 aromatic carbocycles. The lowest BCUT2D eigenvalue weighted by molar-refractivity contribution is -0.138. The Bertz CT molecular complexity index is 1400. The molecule has 0 aromatic heterocycles. The third kappa shape index (κ3) is 7.86. The Hall–Kier alpha value is -4.27. The van der Waals surface area contributed by atoms with Crippen molar-refractivity contribution >= 4 is 5.97 Å². The fourth-order valence-corrected chi connectivity index (χ4v) is 4.07. The topological polar surface area (TPSA) is 85.0 Å². The SMILES string of the molecule is NC(CCN(Cc1ccccc1OCc1ccccc1F)Cc1ccccc1Oc1ccccc1F)C(=O)O. The fraction of sp³-hybridized carbons (Fsp3) is 0.194. The highest BCUT2D eigenvalue weighted by Crippen LogP contribution is 2.29. The van der Waals surface area contributed by atoms with E-state index in [1.54, 1.807) is 48.5 Å². The van der Waals surface area contributed by atoms with E-state index in [0.717, 1.165) is 11.1 Å². The fourth-order valence-electron chi connectivity index (χ4n) is 4.07. The summed E-state index contributed by atoms with van der Waals surface area (Å²) in [4.78, 5) is 13.4. The van der Waals surface area contributed by atoms with Gasteiger partial charge in [-0.2, -0.15) is 0 Å². The summed E-state index contributed by atoms with van der Waals surface area (Å²) in [6.45, 7) is 1.20. The summed E-state index contributed by atoms with van der Waals surface area (Å²) in [6, 6.07) is 26.3.